The van der Waals surface area contributed by atoms with E-state index >= 15 is 0 Å². The Kier molecular flexibility index (Phi) is 6.26. The van der Waals surface area contributed by atoms with Crippen LogP contribution in [0.25, 0.3) is 0 Å². The van der Waals surface area contributed by atoms with Crippen molar-refractivity contribution in [2.75, 3.05) is 32.2 Å². The van der Waals surface area contributed by atoms with Gasteiger partial charge in [0.25, 0.3) is 0 Å². The minimum atomic E-state index is -1.24. The lowest BCUT2D eigenvalue weighted by Gasteiger charge is -2.24. The van der Waals surface area contributed by atoms with Crippen molar-refractivity contribution >= 4 is 17.5 Å². The number of fused-ring (bicyclic) bond motifs is 1. The smallest absolute Gasteiger partial charge is 0.239 e. The predicted molar refractivity (Wildman–Crippen MR) is 110 cm³/mol. The first-order chi connectivity index (χ1) is 13.9. The fraction of sp³-hybridized carbons (Fsp3) is 0.364. The summed E-state index contributed by atoms with van der Waals surface area (Å²) in [7, 11) is 1.61. The Balaban J connectivity index is 1.57. The molecule has 0 bridgehead atoms. The number of carbonyl (C=O) groups is 2. The average molecular weight is 398 g/mol. The fourth-order valence-corrected chi connectivity index (χ4v) is 2.95. The van der Waals surface area contributed by atoms with E-state index in [2.05, 4.69) is 10.6 Å². The highest BCUT2D eigenvalue weighted by molar-refractivity contribution is 6.09. The summed E-state index contributed by atoms with van der Waals surface area (Å²) in [5.74, 6) is 1.25. The van der Waals surface area contributed by atoms with Gasteiger partial charge >= 0.3 is 0 Å². The van der Waals surface area contributed by atoms with Gasteiger partial charge in [-0.2, -0.15) is 0 Å². The largest absolute Gasteiger partial charge is 0.496 e. The second-order valence-corrected chi connectivity index (χ2v) is 7.26. The van der Waals surface area contributed by atoms with E-state index in [9.17, 15) is 9.59 Å². The van der Waals surface area contributed by atoms with Gasteiger partial charge in [-0.15, -0.1) is 0 Å². The van der Waals surface area contributed by atoms with E-state index in [1.165, 1.54) is 0 Å². The Bertz CT molecular complexity index is 895. The van der Waals surface area contributed by atoms with Crippen LogP contribution in [-0.4, -0.2) is 38.7 Å². The predicted octanol–water partition coefficient (Wildman–Crippen LogP) is 2.79. The number of amides is 2. The lowest BCUT2D eigenvalue weighted by atomic mass is 9.90. The van der Waals surface area contributed by atoms with Crippen molar-refractivity contribution in [2.45, 2.75) is 20.3 Å². The Hall–Kier alpha value is -3.22. The first-order valence-electron chi connectivity index (χ1n) is 9.53. The van der Waals surface area contributed by atoms with E-state index in [0.717, 1.165) is 11.3 Å². The van der Waals surface area contributed by atoms with Crippen LogP contribution in [-0.2, 0) is 16.0 Å². The second kappa shape index (κ2) is 8.86. The van der Waals surface area contributed by atoms with Gasteiger partial charge in [-0.25, -0.2) is 0 Å². The molecule has 0 atom stereocenters. The van der Waals surface area contributed by atoms with E-state index in [4.69, 9.17) is 14.2 Å². The van der Waals surface area contributed by atoms with Gasteiger partial charge in [0.1, 0.15) is 24.4 Å². The summed E-state index contributed by atoms with van der Waals surface area (Å²) in [4.78, 5) is 25.3. The van der Waals surface area contributed by atoms with Gasteiger partial charge in [-0.05, 0) is 44.0 Å². The van der Waals surface area contributed by atoms with E-state index in [1.807, 2.05) is 24.3 Å². The minimum absolute atomic E-state index is 0.345. The molecule has 0 saturated heterocycles. The molecule has 0 saturated carbocycles. The zero-order chi connectivity index (χ0) is 20.9. The standard InChI is InChI=1S/C22H26N2O5/c1-22(2,20(25)23-11-10-15-6-4-5-7-17(15)27-3)21(26)24-16-8-9-18-19(14-16)29-13-12-28-18/h4-9,14H,10-13H2,1-3H3,(H,23,25)(H,24,26). The number of anilines is 1. The van der Waals surface area contributed by atoms with Crippen LogP contribution in [0.5, 0.6) is 17.2 Å². The van der Waals surface area contributed by atoms with Crippen molar-refractivity contribution in [3.63, 3.8) is 0 Å². The molecule has 3 rings (SSSR count). The van der Waals surface area contributed by atoms with Gasteiger partial charge in [0.15, 0.2) is 11.5 Å². The Labute approximate surface area is 170 Å². The van der Waals surface area contributed by atoms with Crippen molar-refractivity contribution in [1.82, 2.24) is 5.32 Å². The van der Waals surface area contributed by atoms with E-state index in [1.54, 1.807) is 39.2 Å². The molecule has 2 aromatic rings. The minimum Gasteiger partial charge on any atom is -0.496 e. The molecular formula is C22H26N2O5. The Morgan fingerprint density at radius 3 is 2.52 bits per heavy atom. The highest BCUT2D eigenvalue weighted by Gasteiger charge is 2.36. The summed E-state index contributed by atoms with van der Waals surface area (Å²) in [5.41, 5.74) is 0.302. The molecule has 29 heavy (non-hydrogen) atoms. The van der Waals surface area contributed by atoms with Crippen LogP contribution < -0.4 is 24.8 Å². The highest BCUT2D eigenvalue weighted by atomic mass is 16.6. The van der Waals surface area contributed by atoms with Gasteiger partial charge in [-0.3, -0.25) is 9.59 Å². The summed E-state index contributed by atoms with van der Waals surface area (Å²) in [6, 6.07) is 12.8. The number of nitrogens with one attached hydrogen (secondary N) is 2. The van der Waals surface area contributed by atoms with Crippen LogP contribution in [0.4, 0.5) is 5.69 Å². The zero-order valence-corrected chi connectivity index (χ0v) is 16.9. The van der Waals surface area contributed by atoms with Crippen LogP contribution in [0.3, 0.4) is 0 Å². The molecule has 7 heteroatoms. The lowest BCUT2D eigenvalue weighted by molar-refractivity contribution is -0.138. The maximum absolute atomic E-state index is 12.7. The number of methoxy groups -OCH3 is 1. The molecule has 1 aliphatic heterocycles. The molecular weight excluding hydrogens is 372 g/mol. The SMILES string of the molecule is COc1ccccc1CCNC(=O)C(C)(C)C(=O)Nc1ccc2c(c1)OCCO2. The molecule has 0 unspecified atom stereocenters. The van der Waals surface area contributed by atoms with Crippen molar-refractivity contribution in [2.24, 2.45) is 5.41 Å². The molecule has 154 valence electrons. The quantitative estimate of drug-likeness (QED) is 0.701. The molecule has 0 aromatic heterocycles. The summed E-state index contributed by atoms with van der Waals surface area (Å²) >= 11 is 0. The van der Waals surface area contributed by atoms with Crippen LogP contribution in [0.15, 0.2) is 42.5 Å². The third-order valence-electron chi connectivity index (χ3n) is 4.81. The Morgan fingerprint density at radius 1 is 1.03 bits per heavy atom. The van der Waals surface area contributed by atoms with Crippen LogP contribution in [0.1, 0.15) is 19.4 Å². The maximum Gasteiger partial charge on any atom is 0.239 e. The van der Waals surface area contributed by atoms with Crippen molar-refractivity contribution < 1.29 is 23.8 Å². The molecule has 1 heterocycles. The average Bonchev–Trinajstić information content (AvgIpc) is 2.73. The fourth-order valence-electron chi connectivity index (χ4n) is 2.95. The second-order valence-electron chi connectivity index (χ2n) is 7.26. The number of benzene rings is 2. The molecule has 2 amide bonds. The first-order valence-corrected chi connectivity index (χ1v) is 9.53. The topological polar surface area (TPSA) is 85.9 Å². The number of hydrogen-bond acceptors (Lipinski definition) is 5. The number of ether oxygens (including phenoxy) is 3. The molecule has 7 nitrogen and oxygen atoms in total. The normalized spacial score (nSPS) is 12.8. The first kappa shape index (κ1) is 20.5. The number of carbonyl (C=O) groups excluding carboxylic acids is 2. The number of para-hydroxylation sites is 1. The summed E-state index contributed by atoms with van der Waals surface area (Å²) in [6.45, 7) is 4.56. The third kappa shape index (κ3) is 4.80. The monoisotopic (exact) mass is 398 g/mol. The summed E-state index contributed by atoms with van der Waals surface area (Å²) in [5, 5.41) is 5.62. The molecule has 2 aromatic carbocycles. The van der Waals surface area contributed by atoms with Gasteiger partial charge < -0.3 is 24.8 Å². The molecule has 0 radical (unpaired) electrons. The number of hydrogen-bond donors (Lipinski definition) is 2. The van der Waals surface area contributed by atoms with Crippen molar-refractivity contribution in [3.05, 3.63) is 48.0 Å². The van der Waals surface area contributed by atoms with Gasteiger partial charge in [0.05, 0.1) is 7.11 Å². The van der Waals surface area contributed by atoms with Crippen LogP contribution in [0.2, 0.25) is 0 Å². The molecule has 2 N–H and O–H groups in total. The number of rotatable bonds is 7. The van der Waals surface area contributed by atoms with Gasteiger partial charge in [0.2, 0.25) is 11.8 Å². The van der Waals surface area contributed by atoms with E-state index in [0.29, 0.717) is 43.4 Å². The van der Waals surface area contributed by atoms with Crippen LogP contribution >= 0.6 is 0 Å². The van der Waals surface area contributed by atoms with Gasteiger partial charge in [0, 0.05) is 18.3 Å². The molecule has 1 aliphatic rings. The lowest BCUT2D eigenvalue weighted by Crippen LogP contribution is -2.45. The zero-order valence-electron chi connectivity index (χ0n) is 16.9. The summed E-state index contributed by atoms with van der Waals surface area (Å²) in [6.07, 6.45) is 0.607. The molecule has 0 fully saturated rings. The van der Waals surface area contributed by atoms with Crippen LogP contribution in [0, 0.1) is 5.41 Å². The summed E-state index contributed by atoms with van der Waals surface area (Å²) < 4.78 is 16.3. The highest BCUT2D eigenvalue weighted by Crippen LogP contribution is 2.33. The van der Waals surface area contributed by atoms with E-state index < -0.39 is 11.3 Å². The maximum atomic E-state index is 12.7. The van der Waals surface area contributed by atoms with Crippen molar-refractivity contribution in [1.29, 1.82) is 0 Å². The van der Waals surface area contributed by atoms with Crippen molar-refractivity contribution in [3.8, 4) is 17.2 Å². The van der Waals surface area contributed by atoms with Gasteiger partial charge in [-0.1, -0.05) is 18.2 Å². The Morgan fingerprint density at radius 2 is 1.76 bits per heavy atom. The third-order valence-corrected chi connectivity index (χ3v) is 4.81. The molecule has 0 aliphatic carbocycles. The molecule has 0 spiro atoms. The van der Waals surface area contributed by atoms with E-state index in [-0.39, 0.29) is 5.91 Å².